The van der Waals surface area contributed by atoms with Gasteiger partial charge in [0.05, 0.1) is 12.2 Å². The third kappa shape index (κ3) is 6.09. The highest BCUT2D eigenvalue weighted by Gasteiger charge is 2.19. The molecule has 2 aromatic rings. The number of oxazole rings is 1. The third-order valence-electron chi connectivity index (χ3n) is 4.01. The molecular weight excluding hydrogens is 336 g/mol. The van der Waals surface area contributed by atoms with E-state index >= 15 is 0 Å². The molecule has 0 spiro atoms. The highest BCUT2D eigenvalue weighted by atomic mass is 35.5. The van der Waals surface area contributed by atoms with Crippen LogP contribution in [0.1, 0.15) is 36.8 Å². The van der Waals surface area contributed by atoms with Gasteiger partial charge in [-0.3, -0.25) is 4.99 Å². The van der Waals surface area contributed by atoms with Gasteiger partial charge in [-0.05, 0) is 43.4 Å². The monoisotopic (exact) mass is 362 g/mol. The van der Waals surface area contributed by atoms with E-state index in [2.05, 4.69) is 40.5 Å². The molecule has 0 aliphatic heterocycles. The summed E-state index contributed by atoms with van der Waals surface area (Å²) in [5, 5.41) is 7.38. The number of aryl methyl sites for hydroxylation is 2. The summed E-state index contributed by atoms with van der Waals surface area (Å²) in [6.07, 6.45) is 0.926. The lowest BCUT2D eigenvalue weighted by Crippen LogP contribution is -2.42. The Balaban J connectivity index is 1.86. The van der Waals surface area contributed by atoms with Gasteiger partial charge in [0, 0.05) is 18.6 Å². The van der Waals surface area contributed by atoms with Crippen molar-refractivity contribution >= 4 is 17.6 Å². The standard InChI is InChI=1S/C19H27ClN4O/c1-13-14(2)25-17(24-13)11-22-18(21-5)23-12-19(3,4)10-15-7-6-8-16(20)9-15/h6-9H,10-12H2,1-5H3,(H2,21,22,23). The number of rotatable bonds is 6. The fourth-order valence-corrected chi connectivity index (χ4v) is 2.79. The number of aromatic nitrogens is 1. The molecule has 1 aromatic carbocycles. The van der Waals surface area contributed by atoms with Crippen LogP contribution in [0, 0.1) is 19.3 Å². The minimum Gasteiger partial charge on any atom is -0.444 e. The highest BCUT2D eigenvalue weighted by molar-refractivity contribution is 6.30. The van der Waals surface area contributed by atoms with Crippen LogP contribution in [-0.4, -0.2) is 24.5 Å². The van der Waals surface area contributed by atoms with Gasteiger partial charge in [0.1, 0.15) is 5.76 Å². The van der Waals surface area contributed by atoms with Gasteiger partial charge in [-0.25, -0.2) is 4.98 Å². The van der Waals surface area contributed by atoms with Gasteiger partial charge in [0.15, 0.2) is 5.96 Å². The number of hydrogen-bond donors (Lipinski definition) is 2. The van der Waals surface area contributed by atoms with Crippen LogP contribution >= 0.6 is 11.6 Å². The number of nitrogens with zero attached hydrogens (tertiary/aromatic N) is 2. The lowest BCUT2D eigenvalue weighted by atomic mass is 9.86. The number of guanidine groups is 1. The molecule has 0 fully saturated rings. The van der Waals surface area contributed by atoms with Crippen LogP contribution in [0.2, 0.25) is 5.02 Å². The molecule has 0 saturated heterocycles. The summed E-state index contributed by atoms with van der Waals surface area (Å²) in [4.78, 5) is 8.63. The molecule has 2 rings (SSSR count). The van der Waals surface area contributed by atoms with Crippen molar-refractivity contribution in [2.45, 2.75) is 40.7 Å². The molecule has 6 heteroatoms. The average Bonchev–Trinajstić information content (AvgIpc) is 2.85. The molecule has 5 nitrogen and oxygen atoms in total. The Hall–Kier alpha value is -2.01. The maximum absolute atomic E-state index is 6.08. The van der Waals surface area contributed by atoms with Crippen LogP contribution in [0.25, 0.3) is 0 Å². The first-order chi connectivity index (χ1) is 11.8. The normalized spacial score (nSPS) is 12.3. The van der Waals surface area contributed by atoms with E-state index in [1.54, 1.807) is 7.05 Å². The summed E-state index contributed by atoms with van der Waals surface area (Å²) >= 11 is 6.08. The Morgan fingerprint density at radius 1 is 1.28 bits per heavy atom. The first kappa shape index (κ1) is 19.3. The van der Waals surface area contributed by atoms with Gasteiger partial charge in [-0.1, -0.05) is 37.6 Å². The molecule has 0 saturated carbocycles. The summed E-state index contributed by atoms with van der Waals surface area (Å²) in [6.45, 7) is 9.57. The van der Waals surface area contributed by atoms with Crippen molar-refractivity contribution in [3.63, 3.8) is 0 Å². The minimum atomic E-state index is 0.0540. The molecule has 25 heavy (non-hydrogen) atoms. The number of nitrogens with one attached hydrogen (secondary N) is 2. The van der Waals surface area contributed by atoms with Crippen molar-refractivity contribution in [1.82, 2.24) is 15.6 Å². The van der Waals surface area contributed by atoms with E-state index in [0.29, 0.717) is 12.4 Å². The molecule has 0 aliphatic carbocycles. The van der Waals surface area contributed by atoms with E-state index in [0.717, 1.165) is 35.4 Å². The number of benzene rings is 1. The summed E-state index contributed by atoms with van der Waals surface area (Å²) in [7, 11) is 1.76. The third-order valence-corrected chi connectivity index (χ3v) is 4.24. The number of aliphatic imine (C=N–C) groups is 1. The molecule has 0 amide bonds. The van der Waals surface area contributed by atoms with Crippen molar-refractivity contribution in [2.24, 2.45) is 10.4 Å². The highest BCUT2D eigenvalue weighted by Crippen LogP contribution is 2.22. The molecular formula is C19H27ClN4O. The molecule has 136 valence electrons. The van der Waals surface area contributed by atoms with Crippen molar-refractivity contribution in [1.29, 1.82) is 0 Å². The predicted octanol–water partition coefficient (Wildman–Crippen LogP) is 3.88. The Morgan fingerprint density at radius 2 is 2.04 bits per heavy atom. The maximum Gasteiger partial charge on any atom is 0.214 e. The smallest absolute Gasteiger partial charge is 0.214 e. The van der Waals surface area contributed by atoms with E-state index < -0.39 is 0 Å². The predicted molar refractivity (Wildman–Crippen MR) is 103 cm³/mol. The van der Waals surface area contributed by atoms with E-state index in [9.17, 15) is 0 Å². The van der Waals surface area contributed by atoms with Gasteiger partial charge in [0.2, 0.25) is 5.89 Å². The summed E-state index contributed by atoms with van der Waals surface area (Å²) in [6, 6.07) is 8.01. The molecule has 0 bridgehead atoms. The van der Waals surface area contributed by atoms with E-state index in [1.807, 2.05) is 32.0 Å². The van der Waals surface area contributed by atoms with Crippen LogP contribution in [0.5, 0.6) is 0 Å². The van der Waals surface area contributed by atoms with E-state index in [4.69, 9.17) is 16.0 Å². The lowest BCUT2D eigenvalue weighted by molar-refractivity contribution is 0.358. The molecule has 1 heterocycles. The molecule has 0 atom stereocenters. The minimum absolute atomic E-state index is 0.0540. The first-order valence-corrected chi connectivity index (χ1v) is 8.79. The zero-order chi connectivity index (χ0) is 18.4. The van der Waals surface area contributed by atoms with Gasteiger partial charge in [-0.2, -0.15) is 0 Å². The van der Waals surface area contributed by atoms with Crippen LogP contribution in [0.15, 0.2) is 33.7 Å². The molecule has 0 unspecified atom stereocenters. The van der Waals surface area contributed by atoms with Crippen LogP contribution < -0.4 is 10.6 Å². The number of halogens is 1. The lowest BCUT2D eigenvalue weighted by Gasteiger charge is -2.26. The van der Waals surface area contributed by atoms with Crippen molar-refractivity contribution in [3.05, 3.63) is 52.2 Å². The molecule has 1 aromatic heterocycles. The maximum atomic E-state index is 6.08. The van der Waals surface area contributed by atoms with Crippen molar-refractivity contribution in [2.75, 3.05) is 13.6 Å². The Bertz CT molecular complexity index is 717. The van der Waals surface area contributed by atoms with Crippen LogP contribution in [0.4, 0.5) is 0 Å². The Labute approximate surface area is 154 Å². The Morgan fingerprint density at radius 3 is 2.64 bits per heavy atom. The zero-order valence-electron chi connectivity index (χ0n) is 15.6. The second-order valence-corrected chi connectivity index (χ2v) is 7.44. The summed E-state index contributed by atoms with van der Waals surface area (Å²) in [5.41, 5.74) is 2.20. The van der Waals surface area contributed by atoms with Gasteiger partial charge in [-0.15, -0.1) is 0 Å². The first-order valence-electron chi connectivity index (χ1n) is 8.41. The topological polar surface area (TPSA) is 62.5 Å². The van der Waals surface area contributed by atoms with Gasteiger partial charge < -0.3 is 15.1 Å². The van der Waals surface area contributed by atoms with E-state index in [1.165, 1.54) is 5.56 Å². The fraction of sp³-hybridized carbons (Fsp3) is 0.474. The largest absolute Gasteiger partial charge is 0.444 e. The molecule has 0 radical (unpaired) electrons. The average molecular weight is 363 g/mol. The van der Waals surface area contributed by atoms with E-state index in [-0.39, 0.29) is 5.41 Å². The SMILES string of the molecule is CN=C(NCc1nc(C)c(C)o1)NCC(C)(C)Cc1cccc(Cl)c1. The van der Waals surface area contributed by atoms with Crippen LogP contribution in [-0.2, 0) is 13.0 Å². The molecule has 0 aliphatic rings. The second-order valence-electron chi connectivity index (χ2n) is 7.00. The quantitative estimate of drug-likeness (QED) is 0.604. The van der Waals surface area contributed by atoms with Gasteiger partial charge in [0.25, 0.3) is 0 Å². The fourth-order valence-electron chi connectivity index (χ4n) is 2.58. The summed E-state index contributed by atoms with van der Waals surface area (Å²) in [5.74, 6) is 2.24. The van der Waals surface area contributed by atoms with Crippen LogP contribution in [0.3, 0.4) is 0 Å². The number of hydrogen-bond acceptors (Lipinski definition) is 3. The Kier molecular flexibility index (Phi) is 6.48. The van der Waals surface area contributed by atoms with Crippen molar-refractivity contribution in [3.8, 4) is 0 Å². The summed E-state index contributed by atoms with van der Waals surface area (Å²) < 4.78 is 5.58. The van der Waals surface area contributed by atoms with Crippen molar-refractivity contribution < 1.29 is 4.42 Å². The van der Waals surface area contributed by atoms with Gasteiger partial charge >= 0.3 is 0 Å². The molecule has 2 N–H and O–H groups in total. The zero-order valence-corrected chi connectivity index (χ0v) is 16.4. The second kappa shape index (κ2) is 8.39.